The zero-order valence-corrected chi connectivity index (χ0v) is 25.7. The van der Waals surface area contributed by atoms with Crippen molar-refractivity contribution < 1.29 is 14.4 Å². The minimum absolute atomic E-state index is 0.109. The highest BCUT2D eigenvalue weighted by atomic mass is 35.5. The van der Waals surface area contributed by atoms with E-state index in [4.69, 9.17) is 62.9 Å². The molecule has 0 saturated heterocycles. The molecule has 9 nitrogen and oxygen atoms in total. The molecule has 0 spiro atoms. The van der Waals surface area contributed by atoms with Gasteiger partial charge >= 0.3 is 0 Å². The van der Waals surface area contributed by atoms with Gasteiger partial charge in [-0.1, -0.05) is 76.7 Å². The van der Waals surface area contributed by atoms with Crippen molar-refractivity contribution in [2.75, 3.05) is 28.2 Å². The molecule has 6 N–H and O–H groups in total. The van der Waals surface area contributed by atoms with E-state index in [1.165, 1.54) is 24.3 Å². The monoisotopic (exact) mass is 666 g/mol. The third-order valence-electron chi connectivity index (χ3n) is 7.33. The molecule has 0 saturated carbocycles. The molecule has 6 rings (SSSR count). The van der Waals surface area contributed by atoms with Crippen LogP contribution in [-0.2, 0) is 11.2 Å². The molecular weight excluding hydrogens is 646 g/mol. The molecule has 13 heteroatoms. The average molecular weight is 668 g/mol. The number of nitrogens with zero attached hydrogens (tertiary/aromatic N) is 2. The molecule has 2 aliphatic rings. The Balaban J connectivity index is 1.42. The summed E-state index contributed by atoms with van der Waals surface area (Å²) in [4.78, 5) is 46.8. The normalized spacial score (nSPS) is 15.4. The third kappa shape index (κ3) is 5.44. The van der Waals surface area contributed by atoms with Crippen LogP contribution in [0.1, 0.15) is 37.4 Å². The predicted octanol–water partition coefficient (Wildman–Crippen LogP) is 6.21. The van der Waals surface area contributed by atoms with Crippen molar-refractivity contribution in [1.29, 1.82) is 0 Å². The van der Waals surface area contributed by atoms with Crippen LogP contribution in [0, 0.1) is 0 Å². The topological polar surface area (TPSA) is 143 Å². The first kappa shape index (κ1) is 29.8. The van der Waals surface area contributed by atoms with Crippen molar-refractivity contribution in [3.63, 3.8) is 0 Å². The van der Waals surface area contributed by atoms with Gasteiger partial charge in [-0.15, -0.1) is 0 Å². The fourth-order valence-corrected chi connectivity index (χ4v) is 6.16. The lowest BCUT2D eigenvalue weighted by Gasteiger charge is -2.21. The second-order valence-corrected chi connectivity index (χ2v) is 11.8. The summed E-state index contributed by atoms with van der Waals surface area (Å²) in [6, 6.07) is 18.4. The van der Waals surface area contributed by atoms with Crippen molar-refractivity contribution in [3.05, 3.63) is 115 Å². The number of anilines is 4. The lowest BCUT2D eigenvalue weighted by Crippen LogP contribution is -2.47. The number of amides is 3. The summed E-state index contributed by atoms with van der Waals surface area (Å²) in [7, 11) is 0. The minimum Gasteiger partial charge on any atom is -0.396 e. The molecule has 4 aromatic rings. The van der Waals surface area contributed by atoms with E-state index in [2.05, 4.69) is 10.6 Å². The molecular formula is C31H22Cl4N6O3. The lowest BCUT2D eigenvalue weighted by molar-refractivity contribution is -0.120. The molecule has 222 valence electrons. The number of carbonyl (C=O) groups excluding carboxylic acids is 3. The van der Waals surface area contributed by atoms with Crippen molar-refractivity contribution in [2.45, 2.75) is 12.6 Å². The second kappa shape index (κ2) is 11.7. The van der Waals surface area contributed by atoms with Gasteiger partial charge in [0.15, 0.2) is 0 Å². The maximum Gasteiger partial charge on any atom is 0.272 e. The van der Waals surface area contributed by atoms with Crippen LogP contribution in [0.15, 0.2) is 71.7 Å². The number of hydrogen-bond donors (Lipinski definition) is 4. The number of nitrogen functional groups attached to an aromatic ring is 2. The van der Waals surface area contributed by atoms with E-state index in [1.54, 1.807) is 11.0 Å². The fraction of sp³-hybridized carbons (Fsp3) is 0.0968. The molecule has 0 aliphatic carbocycles. The Bertz CT molecular complexity index is 1870. The largest absolute Gasteiger partial charge is 0.396 e. The van der Waals surface area contributed by atoms with Gasteiger partial charge in [-0.3, -0.25) is 14.4 Å². The fourth-order valence-electron chi connectivity index (χ4n) is 5.18. The Morgan fingerprint density at radius 2 is 1.39 bits per heavy atom. The van der Waals surface area contributed by atoms with Gasteiger partial charge in [0, 0.05) is 34.5 Å². The smallest absolute Gasteiger partial charge is 0.272 e. The van der Waals surface area contributed by atoms with Crippen LogP contribution in [0.25, 0.3) is 0 Å². The van der Waals surface area contributed by atoms with E-state index < -0.39 is 23.9 Å². The van der Waals surface area contributed by atoms with Crippen LogP contribution in [0.3, 0.4) is 0 Å². The molecule has 2 heterocycles. The Labute approximate surface area is 271 Å². The standard InChI is InChI=1S/C31H22Cl4N6O3/c32-20-9-16(10-21(33)24(20)36)29(42)38-18-8-15-6-7-41-27(15)19(13-18)26(14-4-2-1-3-5-14)39-28(31(41)44)40-30(43)17-11-22(34)25(37)23(35)12-17/h1-5,8-13,28H,6-7,36-37H2,(H,38,42)(H,40,43)/t28-/m0/s1. The van der Waals surface area contributed by atoms with Crippen molar-refractivity contribution in [1.82, 2.24) is 5.32 Å². The highest BCUT2D eigenvalue weighted by Gasteiger charge is 2.38. The Morgan fingerprint density at radius 3 is 1.98 bits per heavy atom. The lowest BCUT2D eigenvalue weighted by atomic mass is 9.97. The second-order valence-electron chi connectivity index (χ2n) is 10.2. The van der Waals surface area contributed by atoms with Crippen LogP contribution >= 0.6 is 46.4 Å². The van der Waals surface area contributed by atoms with Gasteiger partial charge in [-0.25, -0.2) is 4.99 Å². The van der Waals surface area contributed by atoms with Gasteiger partial charge in [0.2, 0.25) is 6.17 Å². The number of aliphatic imine (C=N–C) groups is 1. The molecule has 0 fully saturated rings. The Morgan fingerprint density at radius 1 is 0.818 bits per heavy atom. The number of hydrogen-bond acceptors (Lipinski definition) is 6. The maximum atomic E-state index is 13.9. The zero-order chi connectivity index (χ0) is 31.3. The molecule has 0 radical (unpaired) electrons. The number of nitrogens with one attached hydrogen (secondary N) is 2. The Hall–Kier alpha value is -4.28. The van der Waals surface area contributed by atoms with E-state index in [0.29, 0.717) is 41.2 Å². The quantitative estimate of drug-likeness (QED) is 0.187. The van der Waals surface area contributed by atoms with Crippen molar-refractivity contribution in [3.8, 4) is 0 Å². The summed E-state index contributed by atoms with van der Waals surface area (Å²) >= 11 is 24.6. The third-order valence-corrected chi connectivity index (χ3v) is 8.58. The number of halogens is 4. The Kier molecular flexibility index (Phi) is 7.89. The maximum absolute atomic E-state index is 13.9. The summed E-state index contributed by atoms with van der Waals surface area (Å²) in [5.74, 6) is -1.48. The first-order chi connectivity index (χ1) is 21.0. The molecule has 1 atom stereocenters. The molecule has 44 heavy (non-hydrogen) atoms. The summed E-state index contributed by atoms with van der Waals surface area (Å²) < 4.78 is 0. The molecule has 2 aliphatic heterocycles. The summed E-state index contributed by atoms with van der Waals surface area (Å²) in [6.07, 6.45) is -0.758. The van der Waals surface area contributed by atoms with E-state index >= 15 is 0 Å². The van der Waals surface area contributed by atoms with E-state index in [1.807, 2.05) is 36.4 Å². The predicted molar refractivity (Wildman–Crippen MR) is 176 cm³/mol. The van der Waals surface area contributed by atoms with E-state index in [9.17, 15) is 14.4 Å². The molecule has 0 bridgehead atoms. The first-order valence-corrected chi connectivity index (χ1v) is 14.8. The number of carbonyl (C=O) groups is 3. The van der Waals surface area contributed by atoms with Gasteiger partial charge in [-0.05, 0) is 48.4 Å². The van der Waals surface area contributed by atoms with Crippen LogP contribution in [0.5, 0.6) is 0 Å². The SMILES string of the molecule is Nc1c(Cl)cc(C(=O)Nc2cc3c4c(c2)C(c2ccccc2)=N[C@@H](NC(=O)c2cc(Cl)c(N)c(Cl)c2)C(=O)N4CC3)cc1Cl. The molecule has 4 aromatic carbocycles. The first-order valence-electron chi connectivity index (χ1n) is 13.2. The zero-order valence-electron chi connectivity index (χ0n) is 22.6. The van der Waals surface area contributed by atoms with Gasteiger partial charge < -0.3 is 27.0 Å². The molecule has 0 aromatic heterocycles. The van der Waals surface area contributed by atoms with Crippen LogP contribution < -0.4 is 27.0 Å². The number of benzene rings is 4. The van der Waals surface area contributed by atoms with Crippen LogP contribution in [0.2, 0.25) is 20.1 Å². The van der Waals surface area contributed by atoms with Crippen molar-refractivity contribution >= 4 is 92.6 Å². The van der Waals surface area contributed by atoms with Gasteiger partial charge in [0.25, 0.3) is 17.7 Å². The van der Waals surface area contributed by atoms with E-state index in [0.717, 1.165) is 5.56 Å². The van der Waals surface area contributed by atoms with Crippen LogP contribution in [-0.4, -0.2) is 36.1 Å². The number of rotatable bonds is 5. The van der Waals surface area contributed by atoms with Gasteiger partial charge in [0.1, 0.15) is 0 Å². The average Bonchev–Trinajstić information content (AvgIpc) is 3.39. The summed E-state index contributed by atoms with van der Waals surface area (Å²) in [5.41, 5.74) is 16.0. The molecule has 0 unspecified atom stereocenters. The van der Waals surface area contributed by atoms with Crippen LogP contribution in [0.4, 0.5) is 22.7 Å². The summed E-state index contributed by atoms with van der Waals surface area (Å²) in [5, 5.41) is 6.16. The highest BCUT2D eigenvalue weighted by molar-refractivity contribution is 6.40. The van der Waals surface area contributed by atoms with Gasteiger partial charge in [-0.2, -0.15) is 0 Å². The number of nitrogens with two attached hydrogens (primary N) is 2. The van der Waals surface area contributed by atoms with E-state index in [-0.39, 0.29) is 42.6 Å². The van der Waals surface area contributed by atoms with Crippen molar-refractivity contribution in [2.24, 2.45) is 4.99 Å². The molecule has 3 amide bonds. The van der Waals surface area contributed by atoms with Gasteiger partial charge in [0.05, 0.1) is 42.9 Å². The summed E-state index contributed by atoms with van der Waals surface area (Å²) in [6.45, 7) is 0.352. The minimum atomic E-state index is -1.27. The highest BCUT2D eigenvalue weighted by Crippen LogP contribution is 2.39.